The first-order valence-corrected chi connectivity index (χ1v) is 14.6. The van der Waals surface area contributed by atoms with Gasteiger partial charge in [0.1, 0.15) is 6.04 Å². The monoisotopic (exact) mass is 559 g/mol. The van der Waals surface area contributed by atoms with Crippen LogP contribution in [0.2, 0.25) is 0 Å². The van der Waals surface area contributed by atoms with Gasteiger partial charge in [0, 0.05) is 17.4 Å². The van der Waals surface area contributed by atoms with E-state index in [9.17, 15) is 18.0 Å². The molecule has 0 aromatic heterocycles. The minimum absolute atomic E-state index is 0.0843. The molecule has 4 aromatic carbocycles. The summed E-state index contributed by atoms with van der Waals surface area (Å²) in [7, 11) is -4.01. The molecule has 9 heteroatoms. The molecule has 1 saturated heterocycles. The van der Waals surface area contributed by atoms with Crippen molar-refractivity contribution in [1.29, 1.82) is 0 Å². The topological polar surface area (TPSA) is 86.8 Å². The lowest BCUT2D eigenvalue weighted by Gasteiger charge is -2.28. The van der Waals surface area contributed by atoms with E-state index in [1.165, 1.54) is 9.31 Å². The fraction of sp³-hybridized carbons (Fsp3) is 0.200. The molecule has 1 fully saturated rings. The molecule has 0 radical (unpaired) electrons. The molecule has 2 atom stereocenters. The molecule has 2 amide bonds. The molecule has 200 valence electrons. The molecule has 7 nitrogen and oxygen atoms in total. The first kappa shape index (κ1) is 26.9. The van der Waals surface area contributed by atoms with Crippen LogP contribution in [0, 0.1) is 6.92 Å². The third kappa shape index (κ3) is 5.85. The highest BCUT2D eigenvalue weighted by atomic mass is 32.2. The number of fused-ring (bicyclic) bond motifs is 1. The Labute approximate surface area is 233 Å². The van der Waals surface area contributed by atoms with Gasteiger partial charge in [-0.2, -0.15) is 16.9 Å². The first-order chi connectivity index (χ1) is 18.7. The van der Waals surface area contributed by atoms with Crippen LogP contribution in [0.1, 0.15) is 27.9 Å². The van der Waals surface area contributed by atoms with Crippen molar-refractivity contribution in [3.8, 4) is 0 Å². The number of carbonyl (C=O) groups is 2. The van der Waals surface area contributed by atoms with Gasteiger partial charge in [-0.3, -0.25) is 15.0 Å². The van der Waals surface area contributed by atoms with Crippen molar-refractivity contribution in [2.45, 2.75) is 36.1 Å². The summed E-state index contributed by atoms with van der Waals surface area (Å²) in [6, 6.07) is 27.8. The summed E-state index contributed by atoms with van der Waals surface area (Å²) in [6.07, 6.45) is 0.222. The highest BCUT2D eigenvalue weighted by molar-refractivity contribution is 7.89. The van der Waals surface area contributed by atoms with E-state index >= 15 is 0 Å². The van der Waals surface area contributed by atoms with E-state index in [4.69, 9.17) is 0 Å². The number of carbonyl (C=O) groups excluding carboxylic acids is 2. The third-order valence-electron chi connectivity index (χ3n) is 6.84. The Morgan fingerprint density at radius 1 is 0.923 bits per heavy atom. The zero-order valence-corrected chi connectivity index (χ0v) is 23.1. The lowest BCUT2D eigenvalue weighted by Crippen LogP contribution is -2.53. The van der Waals surface area contributed by atoms with Crippen LogP contribution in [0.3, 0.4) is 0 Å². The van der Waals surface area contributed by atoms with Crippen molar-refractivity contribution in [3.05, 3.63) is 114 Å². The Bertz CT molecular complexity index is 1610. The summed E-state index contributed by atoms with van der Waals surface area (Å²) in [5.74, 6) is -0.969. The third-order valence-corrected chi connectivity index (χ3v) is 9.08. The Morgan fingerprint density at radius 2 is 1.59 bits per heavy atom. The van der Waals surface area contributed by atoms with Gasteiger partial charge in [-0.1, -0.05) is 78.4 Å². The van der Waals surface area contributed by atoms with Crippen molar-refractivity contribution >= 4 is 45.2 Å². The SMILES string of the molecule is Cc1ccc(C(=O)N(Cc2ccccc2)NC(=O)[C@@H]2C[C@@H](S)CN2S(=O)(=O)c2ccc3ccccc3c2)cc1. The second kappa shape index (κ2) is 11.2. The van der Waals surface area contributed by atoms with Crippen molar-refractivity contribution in [3.63, 3.8) is 0 Å². The molecular formula is C30H29N3O4S2. The average molecular weight is 560 g/mol. The number of aryl methyl sites for hydroxylation is 1. The fourth-order valence-electron chi connectivity index (χ4n) is 4.74. The van der Waals surface area contributed by atoms with Gasteiger partial charge in [-0.05, 0) is 53.9 Å². The number of benzene rings is 4. The van der Waals surface area contributed by atoms with E-state index in [-0.39, 0.29) is 29.7 Å². The molecule has 4 aromatic rings. The summed E-state index contributed by atoms with van der Waals surface area (Å²) in [5, 5.41) is 2.63. The van der Waals surface area contributed by atoms with Crippen LogP contribution in [0.15, 0.2) is 102 Å². The quantitative estimate of drug-likeness (QED) is 0.267. The summed E-state index contributed by atoms with van der Waals surface area (Å²) in [5.41, 5.74) is 4.96. The van der Waals surface area contributed by atoms with Crippen LogP contribution < -0.4 is 5.43 Å². The van der Waals surface area contributed by atoms with Crippen molar-refractivity contribution in [1.82, 2.24) is 14.7 Å². The van der Waals surface area contributed by atoms with Gasteiger partial charge in [-0.25, -0.2) is 13.4 Å². The average Bonchev–Trinajstić information content (AvgIpc) is 3.35. The smallest absolute Gasteiger partial charge is 0.271 e. The molecule has 1 heterocycles. The molecule has 0 bridgehead atoms. The Kier molecular flexibility index (Phi) is 7.74. The van der Waals surface area contributed by atoms with E-state index in [2.05, 4.69) is 18.1 Å². The second-order valence-electron chi connectivity index (χ2n) is 9.71. The molecule has 0 unspecified atom stereocenters. The largest absolute Gasteiger partial charge is 0.272 e. The van der Waals surface area contributed by atoms with Gasteiger partial charge in [0.25, 0.3) is 11.8 Å². The number of hydrogen-bond acceptors (Lipinski definition) is 5. The number of sulfonamides is 1. The first-order valence-electron chi connectivity index (χ1n) is 12.6. The van der Waals surface area contributed by atoms with E-state index in [1.54, 1.807) is 30.3 Å². The van der Waals surface area contributed by atoms with Crippen molar-refractivity contribution in [2.75, 3.05) is 6.54 Å². The van der Waals surface area contributed by atoms with Crippen molar-refractivity contribution in [2.24, 2.45) is 0 Å². The van der Waals surface area contributed by atoms with Gasteiger partial charge >= 0.3 is 0 Å². The maximum absolute atomic E-state index is 13.7. The predicted molar refractivity (Wildman–Crippen MR) is 155 cm³/mol. The van der Waals surface area contributed by atoms with Crippen LogP contribution in [-0.2, 0) is 21.4 Å². The zero-order valence-electron chi connectivity index (χ0n) is 21.4. The lowest BCUT2D eigenvalue weighted by atomic mass is 10.1. The van der Waals surface area contributed by atoms with E-state index < -0.39 is 27.9 Å². The molecule has 0 aliphatic carbocycles. The fourth-order valence-corrected chi connectivity index (χ4v) is 6.90. The van der Waals surface area contributed by atoms with E-state index in [0.717, 1.165) is 21.9 Å². The van der Waals surface area contributed by atoms with E-state index in [0.29, 0.717) is 5.56 Å². The van der Waals surface area contributed by atoms with Gasteiger partial charge in [0.2, 0.25) is 10.0 Å². The van der Waals surface area contributed by atoms with Gasteiger partial charge in [-0.15, -0.1) is 0 Å². The number of nitrogens with one attached hydrogen (secondary N) is 1. The maximum Gasteiger partial charge on any atom is 0.272 e. The number of amides is 2. The summed E-state index contributed by atoms with van der Waals surface area (Å²) in [6.45, 7) is 2.13. The van der Waals surface area contributed by atoms with Gasteiger partial charge in [0.15, 0.2) is 0 Å². The van der Waals surface area contributed by atoms with Crippen LogP contribution in [0.25, 0.3) is 10.8 Å². The second-order valence-corrected chi connectivity index (χ2v) is 12.3. The number of thiol groups is 1. The van der Waals surface area contributed by atoms with Crippen LogP contribution in [0.4, 0.5) is 0 Å². The van der Waals surface area contributed by atoms with Crippen molar-refractivity contribution < 1.29 is 18.0 Å². The minimum atomic E-state index is -4.01. The predicted octanol–water partition coefficient (Wildman–Crippen LogP) is 4.58. The van der Waals surface area contributed by atoms with Gasteiger partial charge in [0.05, 0.1) is 11.4 Å². The molecule has 39 heavy (non-hydrogen) atoms. The van der Waals surface area contributed by atoms with E-state index in [1.807, 2.05) is 73.7 Å². The molecule has 5 rings (SSSR count). The Morgan fingerprint density at radius 3 is 2.31 bits per heavy atom. The number of hydrogen-bond donors (Lipinski definition) is 2. The molecule has 0 saturated carbocycles. The molecule has 1 N–H and O–H groups in total. The standard InChI is InChI=1S/C30H29N3O4S2/c1-21-11-13-24(14-12-21)30(35)32(19-22-7-3-2-4-8-22)31-29(34)28-18-26(38)20-33(28)39(36,37)27-16-15-23-9-5-6-10-25(23)17-27/h2-17,26,28,38H,18-20H2,1H3,(H,31,34)/t26-,28+/m1/s1. The molecular weight excluding hydrogens is 530 g/mol. The van der Waals surface area contributed by atoms with Gasteiger partial charge < -0.3 is 0 Å². The molecule has 0 spiro atoms. The number of rotatable bonds is 6. The van der Waals surface area contributed by atoms with Crippen LogP contribution in [0.5, 0.6) is 0 Å². The maximum atomic E-state index is 13.7. The Balaban J connectivity index is 1.43. The zero-order chi connectivity index (χ0) is 27.6. The van der Waals surface area contributed by atoms with Crippen LogP contribution in [-0.4, -0.2) is 47.4 Å². The Hall–Kier alpha value is -3.66. The summed E-state index contributed by atoms with van der Waals surface area (Å²) >= 11 is 4.52. The number of hydrazine groups is 1. The molecule has 1 aliphatic rings. The summed E-state index contributed by atoms with van der Waals surface area (Å²) in [4.78, 5) is 27.2. The molecule has 1 aliphatic heterocycles. The highest BCUT2D eigenvalue weighted by Crippen LogP contribution is 2.30. The van der Waals surface area contributed by atoms with Crippen LogP contribution >= 0.6 is 12.6 Å². The number of nitrogens with zero attached hydrogens (tertiary/aromatic N) is 2. The lowest BCUT2D eigenvalue weighted by molar-refractivity contribution is -0.128. The highest BCUT2D eigenvalue weighted by Gasteiger charge is 2.43. The summed E-state index contributed by atoms with van der Waals surface area (Å²) < 4.78 is 28.7. The normalized spacial score (nSPS) is 17.7. The minimum Gasteiger partial charge on any atom is -0.271 e.